The van der Waals surface area contributed by atoms with Crippen molar-refractivity contribution in [3.63, 3.8) is 0 Å². The van der Waals surface area contributed by atoms with Gasteiger partial charge in [-0.2, -0.15) is 0 Å². The molecule has 4 atom stereocenters. The molecule has 2 heterocycles. The lowest BCUT2D eigenvalue weighted by Gasteiger charge is -2.50. The van der Waals surface area contributed by atoms with Crippen LogP contribution in [0.3, 0.4) is 0 Å². The lowest BCUT2D eigenvalue weighted by Crippen LogP contribution is -2.63. The Morgan fingerprint density at radius 1 is 1.20 bits per heavy atom. The van der Waals surface area contributed by atoms with E-state index in [4.69, 9.17) is 4.74 Å². The lowest BCUT2D eigenvalue weighted by atomic mass is 9.61. The first-order chi connectivity index (χ1) is 12.0. The summed E-state index contributed by atoms with van der Waals surface area (Å²) in [4.78, 5) is 40.5. The van der Waals surface area contributed by atoms with Gasteiger partial charge in [0.1, 0.15) is 0 Å². The van der Waals surface area contributed by atoms with Gasteiger partial charge >= 0.3 is 5.69 Å². The van der Waals surface area contributed by atoms with Gasteiger partial charge in [0, 0.05) is 35.7 Å². The molecule has 0 aromatic carbocycles. The fourth-order valence-electron chi connectivity index (χ4n) is 5.10. The van der Waals surface area contributed by atoms with Gasteiger partial charge in [-0.15, -0.1) is 0 Å². The van der Waals surface area contributed by atoms with E-state index in [1.165, 1.54) is 25.7 Å². The largest absolute Gasteiger partial charge is 0.377 e. The highest BCUT2D eigenvalue weighted by Crippen LogP contribution is 2.51. The molecule has 25 heavy (non-hydrogen) atoms. The lowest BCUT2D eigenvalue weighted by molar-refractivity contribution is -0.129. The number of aromatic nitrogens is 2. The maximum absolute atomic E-state index is 12.6. The van der Waals surface area contributed by atoms with Crippen LogP contribution in [0.25, 0.3) is 0 Å². The second-order valence-electron chi connectivity index (χ2n) is 7.69. The zero-order chi connectivity index (χ0) is 17.6. The van der Waals surface area contributed by atoms with Crippen LogP contribution < -0.4 is 16.6 Å². The number of rotatable bonds is 4. The molecule has 7 heteroatoms. The summed E-state index contributed by atoms with van der Waals surface area (Å²) in [5.74, 6) is 1.31. The van der Waals surface area contributed by atoms with E-state index < -0.39 is 11.2 Å². The smallest absolute Gasteiger partial charge is 0.325 e. The molecule has 136 valence electrons. The molecular formula is C18H25N3O4. The van der Waals surface area contributed by atoms with Crippen molar-refractivity contribution in [1.29, 1.82) is 0 Å². The van der Waals surface area contributed by atoms with E-state index in [0.717, 1.165) is 13.0 Å². The van der Waals surface area contributed by atoms with Crippen molar-refractivity contribution in [1.82, 2.24) is 15.3 Å². The van der Waals surface area contributed by atoms with Gasteiger partial charge in [-0.25, -0.2) is 4.79 Å². The van der Waals surface area contributed by atoms with E-state index >= 15 is 0 Å². The van der Waals surface area contributed by atoms with Crippen molar-refractivity contribution < 1.29 is 9.53 Å². The van der Waals surface area contributed by atoms with Crippen LogP contribution in [0, 0.1) is 24.7 Å². The van der Waals surface area contributed by atoms with Crippen LogP contribution in [0.15, 0.2) is 9.59 Å². The van der Waals surface area contributed by atoms with Crippen molar-refractivity contribution >= 4 is 5.91 Å². The Hall–Kier alpha value is -1.89. The summed E-state index contributed by atoms with van der Waals surface area (Å²) in [7, 11) is 0. The minimum atomic E-state index is -0.544. The minimum Gasteiger partial charge on any atom is -0.377 e. The number of carbonyl (C=O) groups excluding carboxylic acids is 1. The van der Waals surface area contributed by atoms with Crippen LogP contribution in [0.5, 0.6) is 0 Å². The molecule has 0 radical (unpaired) electrons. The molecule has 3 N–H and O–H groups in total. The molecule has 1 amide bonds. The van der Waals surface area contributed by atoms with Crippen LogP contribution in [0.2, 0.25) is 0 Å². The minimum absolute atomic E-state index is 0.00984. The summed E-state index contributed by atoms with van der Waals surface area (Å²) in [5, 5.41) is 3.17. The van der Waals surface area contributed by atoms with Crippen molar-refractivity contribution in [2.75, 3.05) is 6.61 Å². The number of aryl methyl sites for hydroxylation is 1. The first-order valence-corrected chi connectivity index (χ1v) is 9.27. The van der Waals surface area contributed by atoms with Gasteiger partial charge in [-0.3, -0.25) is 14.6 Å². The molecule has 3 fully saturated rings. The number of nitrogens with one attached hydrogen (secondary N) is 3. The molecule has 3 aliphatic rings. The molecule has 2 aliphatic carbocycles. The molecule has 1 saturated heterocycles. The summed E-state index contributed by atoms with van der Waals surface area (Å²) >= 11 is 0. The molecule has 0 bridgehead atoms. The molecular weight excluding hydrogens is 322 g/mol. The Morgan fingerprint density at radius 3 is 2.68 bits per heavy atom. The van der Waals surface area contributed by atoms with E-state index in [1.807, 2.05) is 0 Å². The summed E-state index contributed by atoms with van der Waals surface area (Å²) in [6, 6.07) is 0.158. The molecule has 4 rings (SSSR count). The normalized spacial score (nSPS) is 31.6. The fourth-order valence-corrected chi connectivity index (χ4v) is 5.10. The molecule has 0 spiro atoms. The maximum Gasteiger partial charge on any atom is 0.325 e. The number of H-pyrrole nitrogens is 2. The predicted octanol–water partition coefficient (Wildman–Crippen LogP) is 0.624. The third kappa shape index (κ3) is 2.94. The monoisotopic (exact) mass is 347 g/mol. The predicted molar refractivity (Wildman–Crippen MR) is 91.4 cm³/mol. The van der Waals surface area contributed by atoms with Crippen molar-refractivity contribution in [3.8, 4) is 0 Å². The van der Waals surface area contributed by atoms with Gasteiger partial charge in [0.2, 0.25) is 5.91 Å². The highest BCUT2D eigenvalue weighted by atomic mass is 16.5. The van der Waals surface area contributed by atoms with Crippen molar-refractivity contribution in [2.24, 2.45) is 17.8 Å². The topological polar surface area (TPSA) is 104 Å². The fraction of sp³-hybridized carbons (Fsp3) is 0.722. The van der Waals surface area contributed by atoms with Gasteiger partial charge in [-0.05, 0) is 19.3 Å². The number of carbonyl (C=O) groups is 1. The number of hydrogen-bond acceptors (Lipinski definition) is 4. The Labute approximate surface area is 145 Å². The van der Waals surface area contributed by atoms with Crippen LogP contribution in [0.4, 0.5) is 0 Å². The second kappa shape index (κ2) is 6.44. The van der Waals surface area contributed by atoms with E-state index in [-0.39, 0.29) is 18.4 Å². The molecule has 1 aromatic heterocycles. The molecule has 2 saturated carbocycles. The molecule has 0 unspecified atom stereocenters. The first-order valence-electron chi connectivity index (χ1n) is 9.27. The third-order valence-corrected chi connectivity index (χ3v) is 6.30. The Balaban J connectivity index is 1.46. The quantitative estimate of drug-likeness (QED) is 0.743. The second-order valence-corrected chi connectivity index (χ2v) is 7.69. The number of hydrogen-bond donors (Lipinski definition) is 3. The summed E-state index contributed by atoms with van der Waals surface area (Å²) < 4.78 is 5.91. The highest BCUT2D eigenvalue weighted by molar-refractivity contribution is 5.79. The Kier molecular flexibility index (Phi) is 4.27. The molecule has 7 nitrogen and oxygen atoms in total. The van der Waals surface area contributed by atoms with Gasteiger partial charge in [0.15, 0.2) is 0 Å². The maximum atomic E-state index is 12.6. The first kappa shape index (κ1) is 16.6. The van der Waals surface area contributed by atoms with Crippen LogP contribution in [-0.2, 0) is 16.0 Å². The zero-order valence-corrected chi connectivity index (χ0v) is 14.5. The molecule has 1 aliphatic heterocycles. The van der Waals surface area contributed by atoms with E-state index in [1.54, 1.807) is 6.92 Å². The van der Waals surface area contributed by atoms with E-state index in [9.17, 15) is 14.4 Å². The van der Waals surface area contributed by atoms with Crippen LogP contribution in [0.1, 0.15) is 43.4 Å². The van der Waals surface area contributed by atoms with E-state index in [2.05, 4.69) is 15.3 Å². The highest BCUT2D eigenvalue weighted by Gasteiger charge is 2.56. The SMILES string of the molecule is Cc1[nH]c(=O)[nH]c(=O)c1CC(=O)N[C@@H]1[C@@H]2CCO[C@@H]2[C@@H]1C1CCCC1. The average Bonchev–Trinajstić information content (AvgIpc) is 3.19. The number of amides is 1. The summed E-state index contributed by atoms with van der Waals surface area (Å²) in [6.45, 7) is 2.42. The zero-order valence-electron chi connectivity index (χ0n) is 14.5. The van der Waals surface area contributed by atoms with Gasteiger partial charge in [0.25, 0.3) is 5.56 Å². The standard InChI is InChI=1S/C18H25N3O4/c1-9-12(17(23)21-18(24)19-9)8-13(22)20-15-11-6-7-25-16(11)14(15)10-4-2-3-5-10/h10-11,14-16H,2-8H2,1H3,(H,20,22)(H2,19,21,23,24)/t11-,14+,15+,16-/m0/s1. The summed E-state index contributed by atoms with van der Waals surface area (Å²) in [6.07, 6.45) is 6.27. The molecule has 1 aromatic rings. The van der Waals surface area contributed by atoms with Gasteiger partial charge < -0.3 is 15.0 Å². The van der Waals surface area contributed by atoms with Gasteiger partial charge in [0.05, 0.1) is 12.5 Å². The Morgan fingerprint density at radius 2 is 1.96 bits per heavy atom. The average molecular weight is 347 g/mol. The number of aromatic amines is 2. The Bertz CT molecular complexity index is 773. The van der Waals surface area contributed by atoms with Crippen LogP contribution in [-0.4, -0.2) is 34.6 Å². The van der Waals surface area contributed by atoms with Crippen LogP contribution >= 0.6 is 0 Å². The number of ether oxygens (including phenoxy) is 1. The third-order valence-electron chi connectivity index (χ3n) is 6.30. The van der Waals surface area contributed by atoms with Crippen molar-refractivity contribution in [2.45, 2.75) is 57.6 Å². The number of fused-ring (bicyclic) bond motifs is 1. The summed E-state index contributed by atoms with van der Waals surface area (Å²) in [5.41, 5.74) is -0.252. The van der Waals surface area contributed by atoms with E-state index in [0.29, 0.717) is 35.1 Å². The van der Waals surface area contributed by atoms with Crippen molar-refractivity contribution in [3.05, 3.63) is 32.1 Å². The van der Waals surface area contributed by atoms with Gasteiger partial charge in [-0.1, -0.05) is 25.7 Å².